The van der Waals surface area contributed by atoms with Crippen molar-refractivity contribution in [3.05, 3.63) is 110 Å². The number of aromatic amines is 4. The van der Waals surface area contributed by atoms with Gasteiger partial charge in [0, 0.05) is 12.4 Å². The molecule has 63 nitrogen and oxygen atoms in total. The fourth-order valence-corrected chi connectivity index (χ4v) is 22.8. The number of ether oxygens (including phenoxy) is 6. The molecule has 0 aliphatic carbocycles. The lowest BCUT2D eigenvalue weighted by atomic mass is 10.1. The second kappa shape index (κ2) is 36.0. The Labute approximate surface area is 761 Å². The summed E-state index contributed by atoms with van der Waals surface area (Å²) in [6.07, 6.45) is -24.3. The van der Waals surface area contributed by atoms with Crippen molar-refractivity contribution in [1.29, 1.82) is 0 Å². The molecule has 0 radical (unpaired) electrons. The number of aliphatic hydroxyl groups is 2. The summed E-state index contributed by atoms with van der Waals surface area (Å²) < 4.78 is 205. The van der Waals surface area contributed by atoms with Crippen molar-refractivity contribution >= 4 is 165 Å². The van der Waals surface area contributed by atoms with E-state index in [0.717, 1.165) is 34.4 Å². The maximum Gasteiger partial charge on any atom is 0.472 e. The third kappa shape index (κ3) is 18.3. The van der Waals surface area contributed by atoms with E-state index in [1.54, 1.807) is 0 Å². The Kier molecular flexibility index (Phi) is 25.3. The van der Waals surface area contributed by atoms with Crippen molar-refractivity contribution in [2.24, 2.45) is 11.5 Å². The van der Waals surface area contributed by atoms with Crippen LogP contribution < -0.4 is 62.4 Å². The Bertz CT molecular complexity index is 6850. The van der Waals surface area contributed by atoms with Crippen molar-refractivity contribution in [3.8, 4) is 0 Å². The second-order valence-corrected chi connectivity index (χ2v) is 42.5. The Hall–Kier alpha value is -9.43. The summed E-state index contributed by atoms with van der Waals surface area (Å²) in [7, 11) is -20.0. The molecule has 12 bridgehead atoms. The smallest absolute Gasteiger partial charge is 0.397 e. The normalized spacial score (nSPS) is 37.5. The number of thiol groups is 1. The van der Waals surface area contributed by atoms with Crippen LogP contribution in [0.2, 0.25) is 0 Å². The molecule has 9 saturated heterocycles. The molecule has 732 valence electrons. The van der Waals surface area contributed by atoms with Gasteiger partial charge in [0.15, 0.2) is 106 Å². The van der Waals surface area contributed by atoms with Crippen molar-refractivity contribution in [2.45, 2.75) is 154 Å². The number of hydrogen-bond donors (Lipinski definition) is 19. The molecule has 0 amide bonds. The molecule has 9 aliphatic heterocycles. The van der Waals surface area contributed by atoms with Crippen LogP contribution in [0.3, 0.4) is 0 Å². The zero-order chi connectivity index (χ0) is 96.4. The van der Waals surface area contributed by atoms with Crippen LogP contribution in [0.15, 0.2) is 81.7 Å². The van der Waals surface area contributed by atoms with Crippen LogP contribution in [0.4, 0.5) is 38.0 Å². The van der Waals surface area contributed by atoms with Gasteiger partial charge in [0.1, 0.15) is 102 Å². The van der Waals surface area contributed by atoms with E-state index in [4.69, 9.17) is 135 Å². The zero-order valence-corrected chi connectivity index (χ0v) is 75.5. The number of imidazole rings is 6. The highest BCUT2D eigenvalue weighted by Gasteiger charge is 2.59. The summed E-state index contributed by atoms with van der Waals surface area (Å²) in [5.41, 5.74) is 39.7. The second-order valence-electron chi connectivity index (χ2n) is 31.2. The summed E-state index contributed by atoms with van der Waals surface area (Å²) in [5.74, 6) is -0.582. The molecule has 12 aromatic rings. The number of nitrogens with two attached hydrogens (primary N) is 7. The summed E-state index contributed by atoms with van der Waals surface area (Å²) in [6, 6.07) is 0.534. The molecule has 9 fully saturated rings. The summed E-state index contributed by atoms with van der Waals surface area (Å²) in [6.45, 7) is -11.8. The van der Waals surface area contributed by atoms with Gasteiger partial charge in [-0.2, -0.15) is 15.0 Å². The predicted molar refractivity (Wildman–Crippen MR) is 453 cm³/mol. The Morgan fingerprint density at radius 3 is 1.05 bits per heavy atom. The maximum absolute atomic E-state index is 15.9. The summed E-state index contributed by atoms with van der Waals surface area (Å²) >= 11 is 9.11. The van der Waals surface area contributed by atoms with Gasteiger partial charge in [0.25, 0.3) is 22.2 Å². The number of nitrogens with one attached hydrogen (secondary N) is 4. The molecular weight excluding hydrogens is 1990 g/mol. The third-order valence-corrected chi connectivity index (χ3v) is 29.5. The van der Waals surface area contributed by atoms with Crippen molar-refractivity contribution in [1.82, 2.24) is 107 Å². The molecule has 21 rings (SSSR count). The van der Waals surface area contributed by atoms with E-state index in [-0.39, 0.29) is 90.8 Å². The summed E-state index contributed by atoms with van der Waals surface area (Å²) in [5, 5.41) is 22.1. The maximum atomic E-state index is 15.9. The minimum atomic E-state index is -5.03. The molecule has 30 atom stereocenters. The van der Waals surface area contributed by atoms with Crippen LogP contribution in [0.25, 0.3) is 67.0 Å². The molecule has 25 N–H and O–H groups in total. The largest absolute Gasteiger partial charge is 0.472 e. The standard InChI is InChI=1S/C21H23F2N9O10P2S2.2C21H26N10O12P2/c1-6-27-15-11(17(33)28-6)25-4-31(15)19-13-9(22)7(39-19)2-37-44(36,46)42-14-10(23)8(3-38-43(35,45)41-13)40-20(14)32-5-26-12-16(32)29-21(24)30-18(12)34;22-7-1-2-25-16-11(7)26-5-30(16)20-15-13(32)9(41-20)4-39-44(34,35)42-14-10(23)8(3-38-45(36,37)43-15)40-19(14)31-6-27-12-17(31)28-21(24)29-18(12)33;22-7-1-2-25-16-11(7)26-5-30(16)19-14-10(23)8(40-19)3-38-45(36,37)43-15-13(32)9(4-39-44(34,35)42-14)41-20(15)31-6-27-12-17(31)28-21(24)29-18(12)33/h4-5,7-10,13-14,19-20H,2-3H2,1H3,(H,35,45)(H,36,46)(H,27,28,33)(H3,24,29,30,34);2*1-2,5-6,8-10,13-15,19-20,32H,3-4,23H2,(H2,22,25)(H,34,35)(H,36,37)(H3,24,28,29,33)/t7-,8-,9-,10-,13-,14-,19-,20-,43?,44?;2*8-,9-,10-,13-,14-,15-,19-,20-/m111/s1. The first kappa shape index (κ1) is 95.5. The number of halogens is 2. The van der Waals surface area contributed by atoms with Crippen LogP contribution in [0.5, 0.6) is 0 Å². The molecule has 6 unspecified atom stereocenters. The van der Waals surface area contributed by atoms with E-state index in [1.807, 2.05) is 0 Å². The molecular formula is C63H75F2N29O34P6S2. The molecule has 0 aromatic carbocycles. The van der Waals surface area contributed by atoms with Gasteiger partial charge in [0.05, 0.1) is 101 Å². The first-order valence-electron chi connectivity index (χ1n) is 39.6. The molecule has 73 heteroatoms. The Morgan fingerprint density at radius 1 is 0.382 bits per heavy atom. The highest BCUT2D eigenvalue weighted by molar-refractivity contribution is 8.44. The number of rotatable bonds is 6. The third-order valence-electron chi connectivity index (χ3n) is 22.4. The van der Waals surface area contributed by atoms with Gasteiger partial charge in [-0.25, -0.2) is 76.5 Å². The minimum absolute atomic E-state index is 0.000609. The van der Waals surface area contributed by atoms with Gasteiger partial charge in [-0.3, -0.25) is 111 Å². The SMILES string of the molecule is Cc1nc2c(ncn2[C@@H]2O[C@@H]3COP(O)(=S)O[C@@H]4[C@H](F)[C@@H](COP(=O)(S)O[C@@H]2[C@@H]3F)O[C@H]4n2cnc3c(=O)[nH]c(N)nc32)c(=O)[nH]1.Nc1nc2c(ncn2[C@@H]2O[C@@H]3COP(=O)(O)O[C@@H]4[C@H](N)[C@@H](COP(=O)(O)O[C@@H]2[C@@H]3O)O[C@H]4n2cnc3c(N)ccnc32)c(=O)[nH]1.Nc1nc2c(ncn2[C@@H]2O[C@@H]3COP(=O)(O)O[C@@H]4[C@H](O)[C@@H](COP(=O)(O)O[C@@H]2[C@@H]3N)O[C@H]4n2cnc3c(N)ccnc32)c(=O)[nH]1. The molecule has 0 saturated carbocycles. The molecule has 21 heterocycles. The van der Waals surface area contributed by atoms with E-state index in [0.29, 0.717) is 11.2 Å². The van der Waals surface area contributed by atoms with Gasteiger partial charge < -0.3 is 113 Å². The number of phosphoric acid groups is 4. The lowest BCUT2D eigenvalue weighted by Crippen LogP contribution is -2.43. The highest BCUT2D eigenvalue weighted by atomic mass is 32.7. The number of pyridine rings is 2. The van der Waals surface area contributed by atoms with Crippen LogP contribution >= 0.6 is 57.1 Å². The molecule has 9 aliphatic rings. The Morgan fingerprint density at radius 2 is 0.669 bits per heavy atom. The summed E-state index contributed by atoms with van der Waals surface area (Å²) in [4.78, 5) is 162. The van der Waals surface area contributed by atoms with E-state index < -0.39 is 254 Å². The van der Waals surface area contributed by atoms with Gasteiger partial charge in [-0.15, -0.1) is 0 Å². The van der Waals surface area contributed by atoms with Gasteiger partial charge in [-0.1, -0.05) is 12.2 Å². The number of aromatic nitrogens is 22. The quantitative estimate of drug-likeness (QED) is 0.0588. The van der Waals surface area contributed by atoms with Crippen LogP contribution in [-0.2, 0) is 117 Å². The number of fused-ring (bicyclic) bond motifs is 18. The zero-order valence-electron chi connectivity index (χ0n) is 68.4. The number of hydrogen-bond acceptors (Lipinski definition) is 49. The number of phosphoric ester groups is 4. The van der Waals surface area contributed by atoms with E-state index in [1.165, 1.54) is 62.4 Å². The average molecular weight is 2070 g/mol. The number of nitrogen functional groups attached to an aromatic ring is 5. The number of aliphatic hydroxyl groups excluding tert-OH is 2. The molecule has 0 spiro atoms. The van der Waals surface area contributed by atoms with Crippen LogP contribution in [-0.4, -0.2) is 291 Å². The van der Waals surface area contributed by atoms with Crippen LogP contribution in [0.1, 0.15) is 43.2 Å². The van der Waals surface area contributed by atoms with E-state index in [9.17, 15) is 76.7 Å². The molecule has 12 aromatic heterocycles. The van der Waals surface area contributed by atoms with Crippen molar-refractivity contribution in [3.63, 3.8) is 0 Å². The fraction of sp³-hybridized carbons (Fsp3) is 0.492. The average Bonchev–Trinajstić information content (AvgIpc) is 1.61. The number of alkyl halides is 2. The van der Waals surface area contributed by atoms with Gasteiger partial charge in [0.2, 0.25) is 17.8 Å². The van der Waals surface area contributed by atoms with Crippen molar-refractivity contribution in [2.75, 3.05) is 68.3 Å². The number of anilines is 5. The first-order chi connectivity index (χ1) is 64.3. The lowest BCUT2D eigenvalue weighted by molar-refractivity contribution is -0.0674. The number of nitrogens with zero attached hydrogens (tertiary/aromatic N) is 18. The van der Waals surface area contributed by atoms with E-state index >= 15 is 8.78 Å². The predicted octanol–water partition coefficient (Wildman–Crippen LogP) is -2.85. The molecule has 136 heavy (non-hydrogen) atoms. The lowest BCUT2D eigenvalue weighted by Gasteiger charge is -2.26. The van der Waals surface area contributed by atoms with Gasteiger partial charge >= 0.3 is 44.8 Å². The minimum Gasteiger partial charge on any atom is -0.397 e. The van der Waals surface area contributed by atoms with E-state index in [2.05, 4.69) is 92.0 Å². The Balaban J connectivity index is 0.000000131. The van der Waals surface area contributed by atoms with Crippen molar-refractivity contribution < 1.29 is 149 Å². The topological polar surface area (TPSA) is 891 Å². The number of aryl methyl sites for hydroxylation is 1. The monoisotopic (exact) mass is 2070 g/mol. The first-order valence-corrected chi connectivity index (χ1v) is 50.9. The van der Waals surface area contributed by atoms with Gasteiger partial charge in [-0.05, 0) is 30.9 Å². The van der Waals surface area contributed by atoms with Crippen LogP contribution in [0, 0.1) is 6.92 Å². The highest BCUT2D eigenvalue weighted by Crippen LogP contribution is 2.61. The fourth-order valence-electron chi connectivity index (χ4n) is 16.2. The number of H-pyrrole nitrogens is 4.